The normalized spacial score (nSPS) is 14.2. The Labute approximate surface area is 145 Å². The largest absolute Gasteiger partial charge is 0.380 e. The van der Waals surface area contributed by atoms with Gasteiger partial charge in [-0.25, -0.2) is 13.5 Å². The Bertz CT molecular complexity index is 901. The molecule has 25 heavy (non-hydrogen) atoms. The molecule has 0 bridgehead atoms. The number of nitrogens with one attached hydrogen (secondary N) is 3. The van der Waals surface area contributed by atoms with E-state index in [-0.39, 0.29) is 14.5 Å². The summed E-state index contributed by atoms with van der Waals surface area (Å²) in [7, 11) is 0. The topological polar surface area (TPSA) is 66.8 Å². The highest BCUT2D eigenvalue weighted by Crippen LogP contribution is 2.22. The van der Waals surface area contributed by atoms with E-state index < -0.39 is 0 Å². The number of hydrogen-bond acceptors (Lipinski definition) is 5. The Balaban J connectivity index is 0.00000131. The van der Waals surface area contributed by atoms with Crippen LogP contribution in [0, 0.1) is 11.6 Å². The summed E-state index contributed by atoms with van der Waals surface area (Å²) in [4.78, 5) is 4.13. The Morgan fingerprint density at radius 2 is 1.92 bits per heavy atom. The van der Waals surface area contributed by atoms with Gasteiger partial charge in [-0.15, -0.1) is 5.10 Å². The van der Waals surface area contributed by atoms with E-state index in [1.165, 1.54) is 35.3 Å². The van der Waals surface area contributed by atoms with E-state index in [9.17, 15) is 8.78 Å². The zero-order valence-electron chi connectivity index (χ0n) is 13.2. The average Bonchev–Trinajstić information content (AvgIpc) is 2.99. The average molecular weight is 346 g/mol. The zero-order chi connectivity index (χ0) is 17.2. The van der Waals surface area contributed by atoms with Gasteiger partial charge in [0.1, 0.15) is 18.0 Å². The number of anilines is 3. The number of hydrogen-bond donors (Lipinski definition) is 3. The molecule has 0 spiro atoms. The van der Waals surface area contributed by atoms with Gasteiger partial charge >= 0.3 is 0 Å². The number of benzene rings is 2. The van der Waals surface area contributed by atoms with Crippen LogP contribution in [0.3, 0.4) is 0 Å². The molecule has 0 saturated carbocycles. The molecule has 1 aliphatic rings. The third kappa shape index (κ3) is 3.58. The van der Waals surface area contributed by atoms with Crippen molar-refractivity contribution in [3.8, 4) is 5.69 Å². The molecule has 8 heteroatoms. The number of nitrogens with zero attached hydrogens (tertiary/aromatic N) is 3. The van der Waals surface area contributed by atoms with Crippen molar-refractivity contribution >= 4 is 17.3 Å². The van der Waals surface area contributed by atoms with Gasteiger partial charge in [0, 0.05) is 27.3 Å². The molecule has 0 aliphatic carbocycles. The molecule has 1 aromatic heterocycles. The summed E-state index contributed by atoms with van der Waals surface area (Å²) in [6, 6.07) is 10.9. The molecule has 3 aromatic rings. The monoisotopic (exact) mass is 346 g/mol. The number of aromatic nitrogens is 3. The molecular formula is C17H20F2N6. The molecule has 2 aromatic carbocycles. The summed E-state index contributed by atoms with van der Waals surface area (Å²) < 4.78 is 28.6. The molecule has 1 fully saturated rings. The Morgan fingerprint density at radius 1 is 1.08 bits per heavy atom. The van der Waals surface area contributed by atoms with E-state index >= 15 is 0 Å². The summed E-state index contributed by atoms with van der Waals surface area (Å²) in [5.74, 6) is -0.413. The van der Waals surface area contributed by atoms with Gasteiger partial charge in [-0.1, -0.05) is 6.07 Å². The highest BCUT2D eigenvalue weighted by atomic mass is 19.1. The first-order valence-electron chi connectivity index (χ1n) is 7.88. The van der Waals surface area contributed by atoms with Crippen LogP contribution in [0.4, 0.5) is 26.1 Å². The summed E-state index contributed by atoms with van der Waals surface area (Å²) in [6.45, 7) is 1.72. The lowest BCUT2D eigenvalue weighted by atomic mass is 10.1. The second-order valence-corrected chi connectivity index (χ2v) is 5.85. The minimum atomic E-state index is -0.357. The van der Waals surface area contributed by atoms with Gasteiger partial charge in [-0.05, 0) is 36.4 Å². The van der Waals surface area contributed by atoms with E-state index in [4.69, 9.17) is 0 Å². The summed E-state index contributed by atoms with van der Waals surface area (Å²) in [5, 5.41) is 13.6. The smallest absolute Gasteiger partial charge is 0.246 e. The van der Waals surface area contributed by atoms with Gasteiger partial charge in [0.25, 0.3) is 0 Å². The molecule has 2 heterocycles. The van der Waals surface area contributed by atoms with Crippen molar-refractivity contribution in [2.45, 2.75) is 6.04 Å². The number of rotatable bonds is 5. The van der Waals surface area contributed by atoms with Crippen LogP contribution in [0.15, 0.2) is 48.8 Å². The van der Waals surface area contributed by atoms with Crippen LogP contribution >= 0.6 is 0 Å². The van der Waals surface area contributed by atoms with Crippen molar-refractivity contribution in [1.29, 1.82) is 0 Å². The number of halogens is 2. The Kier molecular flexibility index (Phi) is 4.02. The van der Waals surface area contributed by atoms with Gasteiger partial charge in [0.05, 0.1) is 11.7 Å². The molecule has 6 nitrogen and oxygen atoms in total. The van der Waals surface area contributed by atoms with Crippen LogP contribution in [0.2, 0.25) is 0 Å². The highest BCUT2D eigenvalue weighted by Gasteiger charge is 2.16. The van der Waals surface area contributed by atoms with Gasteiger partial charge in [-0.3, -0.25) is 0 Å². The molecule has 0 atom stereocenters. The lowest BCUT2D eigenvalue weighted by Gasteiger charge is -2.29. The van der Waals surface area contributed by atoms with Crippen molar-refractivity contribution in [2.24, 2.45) is 0 Å². The maximum Gasteiger partial charge on any atom is 0.246 e. The molecule has 0 amide bonds. The van der Waals surface area contributed by atoms with Crippen LogP contribution in [0.25, 0.3) is 5.69 Å². The van der Waals surface area contributed by atoms with Gasteiger partial charge < -0.3 is 16.0 Å². The summed E-state index contributed by atoms with van der Waals surface area (Å²) >= 11 is 0. The SMILES string of the molecule is Fc1cc(Nc2ncn(-c3cccc(F)c3)n2)cc(NC2CNC2)c1.[HH].[HH]. The van der Waals surface area contributed by atoms with Crippen LogP contribution in [0.1, 0.15) is 2.85 Å². The molecule has 3 N–H and O–H groups in total. The third-order valence-electron chi connectivity index (χ3n) is 3.87. The van der Waals surface area contributed by atoms with Crippen LogP contribution in [-0.2, 0) is 0 Å². The Morgan fingerprint density at radius 3 is 2.68 bits per heavy atom. The maximum atomic E-state index is 13.8. The van der Waals surface area contributed by atoms with E-state index in [0.29, 0.717) is 29.1 Å². The lowest BCUT2D eigenvalue weighted by molar-refractivity contribution is 0.472. The minimum absolute atomic E-state index is 0. The minimum Gasteiger partial charge on any atom is -0.380 e. The maximum absolute atomic E-state index is 13.8. The first-order valence-corrected chi connectivity index (χ1v) is 7.88. The second-order valence-electron chi connectivity index (χ2n) is 5.85. The lowest BCUT2D eigenvalue weighted by Crippen LogP contribution is -2.51. The molecular weight excluding hydrogens is 326 g/mol. The molecule has 1 aliphatic heterocycles. The van der Waals surface area contributed by atoms with Crippen molar-refractivity contribution in [1.82, 2.24) is 20.1 Å². The van der Waals surface area contributed by atoms with E-state index in [1.807, 2.05) is 0 Å². The van der Waals surface area contributed by atoms with Gasteiger partial charge in [0.15, 0.2) is 0 Å². The van der Waals surface area contributed by atoms with E-state index in [1.54, 1.807) is 18.2 Å². The van der Waals surface area contributed by atoms with Crippen molar-refractivity contribution in [3.63, 3.8) is 0 Å². The quantitative estimate of drug-likeness (QED) is 0.662. The summed E-state index contributed by atoms with van der Waals surface area (Å²) in [6.07, 6.45) is 1.47. The van der Waals surface area contributed by atoms with Crippen LogP contribution < -0.4 is 16.0 Å². The summed E-state index contributed by atoms with van der Waals surface area (Å²) in [5.41, 5.74) is 1.78. The van der Waals surface area contributed by atoms with Crippen molar-refractivity contribution in [2.75, 3.05) is 23.7 Å². The van der Waals surface area contributed by atoms with Gasteiger partial charge in [0.2, 0.25) is 5.95 Å². The molecule has 4 rings (SSSR count). The standard InChI is InChI=1S/C17H16F2N6.2H2/c18-11-2-1-3-16(6-11)25-10-21-17(24-25)23-14-5-12(19)4-13(7-14)22-15-8-20-9-15;;/h1-7,10,15,20,22H,8-9H2,(H,23,24);2*1H. The molecule has 0 radical (unpaired) electrons. The fourth-order valence-electron chi connectivity index (χ4n) is 2.56. The predicted octanol–water partition coefficient (Wildman–Crippen LogP) is 3.16. The fourth-order valence-corrected chi connectivity index (χ4v) is 2.56. The first kappa shape index (κ1) is 15.5. The first-order chi connectivity index (χ1) is 12.2. The van der Waals surface area contributed by atoms with Crippen LogP contribution in [0.5, 0.6) is 0 Å². The molecule has 132 valence electrons. The third-order valence-corrected chi connectivity index (χ3v) is 3.87. The van der Waals surface area contributed by atoms with Crippen molar-refractivity contribution in [3.05, 3.63) is 60.4 Å². The fraction of sp³-hybridized carbons (Fsp3) is 0.176. The predicted molar refractivity (Wildman–Crippen MR) is 95.5 cm³/mol. The van der Waals surface area contributed by atoms with Crippen LogP contribution in [-0.4, -0.2) is 33.9 Å². The van der Waals surface area contributed by atoms with Crippen molar-refractivity contribution < 1.29 is 11.6 Å². The second kappa shape index (κ2) is 6.48. The van der Waals surface area contributed by atoms with E-state index in [2.05, 4.69) is 26.0 Å². The molecule has 0 unspecified atom stereocenters. The molecule has 1 saturated heterocycles. The van der Waals surface area contributed by atoms with E-state index in [0.717, 1.165) is 13.1 Å². The van der Waals surface area contributed by atoms with Gasteiger partial charge in [-0.2, -0.15) is 4.98 Å². The highest BCUT2D eigenvalue weighted by molar-refractivity contribution is 5.61. The Hall–Kier alpha value is -3.00. The zero-order valence-corrected chi connectivity index (χ0v) is 13.2.